The lowest BCUT2D eigenvalue weighted by Gasteiger charge is -2.16. The standard InChI is InChI=1S/C36H64O6/c1-3-5-7-20-26-32(37)27-21-16-12-11-14-18-24-30-34(38)36(41)42-33(28-22-8-6-4-2)29-23-17-13-9-10-15-19-25-31-35(39)40/h16-17,21,23,32-33,37H,3-15,18-20,22,24-31H2,1-2H3,(H,39,40)/t32?,33-/m1/s1. The summed E-state index contributed by atoms with van der Waals surface area (Å²) in [5.74, 6) is -1.81. The van der Waals surface area contributed by atoms with E-state index in [1.165, 1.54) is 25.7 Å². The van der Waals surface area contributed by atoms with Gasteiger partial charge in [-0.25, -0.2) is 4.79 Å². The number of esters is 1. The first-order valence-electron chi connectivity index (χ1n) is 17.3. The molecule has 42 heavy (non-hydrogen) atoms. The largest absolute Gasteiger partial charge is 0.481 e. The van der Waals surface area contributed by atoms with Crippen LogP contribution in [0.3, 0.4) is 0 Å². The number of carboxylic acids is 1. The van der Waals surface area contributed by atoms with Crippen molar-refractivity contribution < 1.29 is 29.3 Å². The summed E-state index contributed by atoms with van der Waals surface area (Å²) in [6.45, 7) is 4.37. The Bertz CT molecular complexity index is 714. The Morgan fingerprint density at radius 2 is 1.10 bits per heavy atom. The van der Waals surface area contributed by atoms with E-state index in [1.54, 1.807) is 0 Å². The first-order chi connectivity index (χ1) is 20.4. The summed E-state index contributed by atoms with van der Waals surface area (Å²) in [5.41, 5.74) is 0. The number of hydrogen-bond donors (Lipinski definition) is 2. The number of allylic oxidation sites excluding steroid dienone is 2. The highest BCUT2D eigenvalue weighted by molar-refractivity contribution is 6.33. The average Bonchev–Trinajstić information content (AvgIpc) is 2.97. The Hall–Kier alpha value is -1.95. The molecule has 0 saturated carbocycles. The van der Waals surface area contributed by atoms with Crippen LogP contribution in [0.5, 0.6) is 0 Å². The molecular formula is C36H64O6. The van der Waals surface area contributed by atoms with Gasteiger partial charge in [0.05, 0.1) is 6.10 Å². The Balaban J connectivity index is 4.13. The molecule has 2 atom stereocenters. The number of ketones is 1. The molecule has 2 N–H and O–H groups in total. The SMILES string of the molecule is CCCCCCC(O)CC=CCCCCCCC(=O)C(=O)O[C@@H](CC=CCCCCCCCC(=O)O)CCCCCC. The fourth-order valence-electron chi connectivity index (χ4n) is 4.97. The van der Waals surface area contributed by atoms with Crippen LogP contribution in [-0.2, 0) is 19.1 Å². The van der Waals surface area contributed by atoms with Crippen LogP contribution in [-0.4, -0.2) is 40.1 Å². The topological polar surface area (TPSA) is 101 Å². The Kier molecular flexibility index (Phi) is 29.1. The molecule has 0 aromatic rings. The summed E-state index contributed by atoms with van der Waals surface area (Å²) in [5, 5.41) is 18.7. The summed E-state index contributed by atoms with van der Waals surface area (Å²) in [4.78, 5) is 35.4. The number of hydrogen-bond acceptors (Lipinski definition) is 5. The van der Waals surface area contributed by atoms with Crippen LogP contribution in [0.2, 0.25) is 0 Å². The van der Waals surface area contributed by atoms with Crippen LogP contribution in [0.4, 0.5) is 0 Å². The smallest absolute Gasteiger partial charge is 0.374 e. The molecule has 244 valence electrons. The first-order valence-corrected chi connectivity index (χ1v) is 17.3. The van der Waals surface area contributed by atoms with E-state index in [0.29, 0.717) is 12.8 Å². The summed E-state index contributed by atoms with van der Waals surface area (Å²) in [6, 6.07) is 0. The van der Waals surface area contributed by atoms with Gasteiger partial charge in [-0.15, -0.1) is 0 Å². The van der Waals surface area contributed by atoms with Crippen LogP contribution in [0.1, 0.15) is 174 Å². The number of Topliss-reactive ketones (excluding diaryl/α,β-unsaturated/α-hetero) is 1. The Morgan fingerprint density at radius 3 is 1.69 bits per heavy atom. The zero-order chi connectivity index (χ0) is 31.1. The fourth-order valence-corrected chi connectivity index (χ4v) is 4.97. The fraction of sp³-hybridized carbons (Fsp3) is 0.806. The molecule has 0 aliphatic heterocycles. The predicted octanol–water partition coefficient (Wildman–Crippen LogP) is 9.82. The molecule has 0 heterocycles. The maximum Gasteiger partial charge on any atom is 0.374 e. The van der Waals surface area contributed by atoms with Crippen LogP contribution in [0, 0.1) is 0 Å². The minimum Gasteiger partial charge on any atom is -0.481 e. The molecule has 0 aromatic carbocycles. The van der Waals surface area contributed by atoms with E-state index in [1.807, 2.05) is 0 Å². The van der Waals surface area contributed by atoms with E-state index in [0.717, 1.165) is 109 Å². The number of rotatable bonds is 31. The molecule has 1 unspecified atom stereocenters. The molecule has 0 radical (unpaired) electrons. The normalized spacial score (nSPS) is 13.1. The summed E-state index contributed by atoms with van der Waals surface area (Å²) >= 11 is 0. The van der Waals surface area contributed by atoms with Gasteiger partial charge in [0.2, 0.25) is 5.78 Å². The summed E-state index contributed by atoms with van der Waals surface area (Å²) in [7, 11) is 0. The second-order valence-corrected chi connectivity index (χ2v) is 11.9. The van der Waals surface area contributed by atoms with Gasteiger partial charge in [0, 0.05) is 19.3 Å². The van der Waals surface area contributed by atoms with E-state index in [-0.39, 0.29) is 25.0 Å². The van der Waals surface area contributed by atoms with E-state index in [2.05, 4.69) is 38.2 Å². The molecule has 0 aromatic heterocycles. The van der Waals surface area contributed by atoms with Crippen molar-refractivity contribution in [3.8, 4) is 0 Å². The number of aliphatic carboxylic acids is 1. The Labute approximate surface area is 257 Å². The molecule has 6 heteroatoms. The molecule has 0 spiro atoms. The lowest BCUT2D eigenvalue weighted by atomic mass is 10.0. The monoisotopic (exact) mass is 592 g/mol. The molecule has 0 aliphatic carbocycles. The van der Waals surface area contributed by atoms with Gasteiger partial charge in [0.1, 0.15) is 6.10 Å². The van der Waals surface area contributed by atoms with Crippen LogP contribution in [0.15, 0.2) is 24.3 Å². The predicted molar refractivity (Wildman–Crippen MR) is 174 cm³/mol. The lowest BCUT2D eigenvalue weighted by Crippen LogP contribution is -2.24. The van der Waals surface area contributed by atoms with Crippen LogP contribution >= 0.6 is 0 Å². The molecule has 0 amide bonds. The van der Waals surface area contributed by atoms with Crippen molar-refractivity contribution in [1.29, 1.82) is 0 Å². The average molecular weight is 593 g/mol. The van der Waals surface area contributed by atoms with E-state index < -0.39 is 17.7 Å². The molecule has 6 nitrogen and oxygen atoms in total. The van der Waals surface area contributed by atoms with Crippen LogP contribution < -0.4 is 0 Å². The highest BCUT2D eigenvalue weighted by atomic mass is 16.5. The lowest BCUT2D eigenvalue weighted by molar-refractivity contribution is -0.158. The number of aliphatic hydroxyl groups excluding tert-OH is 1. The maximum atomic E-state index is 12.5. The van der Waals surface area contributed by atoms with Crippen molar-refractivity contribution in [3.05, 3.63) is 24.3 Å². The number of carbonyl (C=O) groups excluding carboxylic acids is 2. The van der Waals surface area contributed by atoms with Gasteiger partial charge in [-0.1, -0.05) is 115 Å². The number of carbonyl (C=O) groups is 3. The quantitative estimate of drug-likeness (QED) is 0.0359. The maximum absolute atomic E-state index is 12.5. The van der Waals surface area contributed by atoms with Gasteiger partial charge < -0.3 is 14.9 Å². The Morgan fingerprint density at radius 1 is 0.595 bits per heavy atom. The third-order valence-corrected chi connectivity index (χ3v) is 7.70. The summed E-state index contributed by atoms with van der Waals surface area (Å²) in [6.07, 6.45) is 31.3. The number of ether oxygens (including phenoxy) is 1. The third-order valence-electron chi connectivity index (χ3n) is 7.70. The second kappa shape index (κ2) is 30.5. The van der Waals surface area contributed by atoms with Gasteiger partial charge in [-0.3, -0.25) is 9.59 Å². The highest BCUT2D eigenvalue weighted by Gasteiger charge is 2.19. The molecule has 0 rings (SSSR count). The molecule has 0 aliphatic rings. The van der Waals surface area contributed by atoms with Crippen molar-refractivity contribution in [2.24, 2.45) is 0 Å². The van der Waals surface area contributed by atoms with Gasteiger partial charge in [-0.2, -0.15) is 0 Å². The van der Waals surface area contributed by atoms with Crippen molar-refractivity contribution in [3.63, 3.8) is 0 Å². The van der Waals surface area contributed by atoms with E-state index in [9.17, 15) is 19.5 Å². The third kappa shape index (κ3) is 28.2. The van der Waals surface area contributed by atoms with Crippen molar-refractivity contribution in [2.45, 2.75) is 187 Å². The number of aliphatic hydroxyl groups is 1. The van der Waals surface area contributed by atoms with Gasteiger partial charge in [-0.05, 0) is 64.2 Å². The van der Waals surface area contributed by atoms with Crippen molar-refractivity contribution in [2.75, 3.05) is 0 Å². The zero-order valence-electron chi connectivity index (χ0n) is 27.2. The molecular weight excluding hydrogens is 528 g/mol. The van der Waals surface area contributed by atoms with Crippen LogP contribution in [0.25, 0.3) is 0 Å². The van der Waals surface area contributed by atoms with Gasteiger partial charge in [0.15, 0.2) is 0 Å². The number of unbranched alkanes of at least 4 members (excludes halogenated alkanes) is 15. The van der Waals surface area contributed by atoms with Crippen molar-refractivity contribution in [1.82, 2.24) is 0 Å². The molecule has 0 saturated heterocycles. The van der Waals surface area contributed by atoms with Crippen molar-refractivity contribution >= 4 is 17.7 Å². The minimum absolute atomic E-state index is 0.227. The summed E-state index contributed by atoms with van der Waals surface area (Å²) < 4.78 is 5.64. The van der Waals surface area contributed by atoms with E-state index in [4.69, 9.17) is 9.84 Å². The van der Waals surface area contributed by atoms with E-state index >= 15 is 0 Å². The zero-order valence-corrected chi connectivity index (χ0v) is 27.2. The minimum atomic E-state index is -0.722. The highest BCUT2D eigenvalue weighted by Crippen LogP contribution is 2.15. The van der Waals surface area contributed by atoms with Gasteiger partial charge in [0.25, 0.3) is 0 Å². The second-order valence-electron chi connectivity index (χ2n) is 11.9. The van der Waals surface area contributed by atoms with Gasteiger partial charge >= 0.3 is 11.9 Å². The first kappa shape index (κ1) is 40.1. The number of carboxylic acid groups (broad SMARTS) is 1. The molecule has 0 fully saturated rings. The molecule has 0 bridgehead atoms.